The van der Waals surface area contributed by atoms with Crippen molar-refractivity contribution in [3.8, 4) is 5.75 Å². The molecule has 2 aromatic heterocycles. The predicted molar refractivity (Wildman–Crippen MR) is 92.1 cm³/mol. The molecule has 0 unspecified atom stereocenters. The second-order valence-electron chi connectivity index (χ2n) is 5.19. The highest BCUT2D eigenvalue weighted by Gasteiger charge is 2.15. The molecular formula is C15H13BrFN5O3. The van der Waals surface area contributed by atoms with E-state index < -0.39 is 17.3 Å². The van der Waals surface area contributed by atoms with Crippen LogP contribution in [-0.4, -0.2) is 32.3 Å². The summed E-state index contributed by atoms with van der Waals surface area (Å²) in [5, 5.41) is 6.88. The third-order valence-electron chi connectivity index (χ3n) is 3.52. The fourth-order valence-electron chi connectivity index (χ4n) is 2.35. The summed E-state index contributed by atoms with van der Waals surface area (Å²) in [7, 11) is 3.01. The first-order chi connectivity index (χ1) is 11.9. The molecule has 1 aromatic carbocycles. The number of amides is 1. The predicted octanol–water partition coefficient (Wildman–Crippen LogP) is 1.68. The van der Waals surface area contributed by atoms with Crippen molar-refractivity contribution in [3.05, 3.63) is 45.3 Å². The van der Waals surface area contributed by atoms with Crippen molar-refractivity contribution in [1.82, 2.24) is 19.3 Å². The molecule has 3 rings (SSSR count). The molecular weight excluding hydrogens is 397 g/mol. The highest BCUT2D eigenvalue weighted by Crippen LogP contribution is 2.20. The van der Waals surface area contributed by atoms with Crippen LogP contribution < -0.4 is 15.6 Å². The maximum Gasteiger partial charge on any atom is 0.266 e. The number of fused-ring (bicyclic) bond motifs is 1. The van der Waals surface area contributed by atoms with Gasteiger partial charge in [-0.25, -0.2) is 14.1 Å². The van der Waals surface area contributed by atoms with Crippen LogP contribution in [0, 0.1) is 5.82 Å². The van der Waals surface area contributed by atoms with Gasteiger partial charge in [0.1, 0.15) is 22.9 Å². The highest BCUT2D eigenvalue weighted by atomic mass is 79.9. The fourth-order valence-corrected chi connectivity index (χ4v) is 2.93. The molecule has 0 atom stereocenters. The van der Waals surface area contributed by atoms with E-state index in [4.69, 9.17) is 4.74 Å². The first-order valence-corrected chi connectivity index (χ1v) is 7.91. The smallest absolute Gasteiger partial charge is 0.266 e. The monoisotopic (exact) mass is 409 g/mol. The van der Waals surface area contributed by atoms with Crippen LogP contribution in [0.4, 0.5) is 10.1 Å². The third kappa shape index (κ3) is 3.25. The van der Waals surface area contributed by atoms with E-state index >= 15 is 0 Å². The molecule has 130 valence electrons. The molecule has 0 aliphatic rings. The lowest BCUT2D eigenvalue weighted by molar-refractivity contribution is -0.116. The van der Waals surface area contributed by atoms with Crippen LogP contribution in [0.3, 0.4) is 0 Å². The number of hydrogen-bond donors (Lipinski definition) is 1. The quantitative estimate of drug-likeness (QED) is 0.707. The summed E-state index contributed by atoms with van der Waals surface area (Å²) < 4.78 is 21.5. The molecule has 1 N–H and O–H groups in total. The molecule has 2 heterocycles. The first-order valence-electron chi connectivity index (χ1n) is 7.11. The number of aryl methyl sites for hydroxylation is 1. The molecule has 0 saturated carbocycles. The summed E-state index contributed by atoms with van der Waals surface area (Å²) in [6, 6.07) is 4.04. The van der Waals surface area contributed by atoms with Crippen molar-refractivity contribution in [3.63, 3.8) is 0 Å². The van der Waals surface area contributed by atoms with Gasteiger partial charge in [-0.3, -0.25) is 14.2 Å². The van der Waals surface area contributed by atoms with Gasteiger partial charge in [0.25, 0.3) is 5.56 Å². The zero-order valence-corrected chi connectivity index (χ0v) is 14.9. The van der Waals surface area contributed by atoms with Crippen LogP contribution in [0.1, 0.15) is 0 Å². The van der Waals surface area contributed by atoms with E-state index in [1.165, 1.54) is 30.3 Å². The van der Waals surface area contributed by atoms with Crippen molar-refractivity contribution in [2.45, 2.75) is 6.54 Å². The van der Waals surface area contributed by atoms with Gasteiger partial charge >= 0.3 is 0 Å². The first kappa shape index (κ1) is 17.1. The van der Waals surface area contributed by atoms with Crippen molar-refractivity contribution >= 4 is 38.6 Å². The maximum atomic E-state index is 13.7. The van der Waals surface area contributed by atoms with Crippen LogP contribution in [0.2, 0.25) is 0 Å². The van der Waals surface area contributed by atoms with Gasteiger partial charge in [-0.2, -0.15) is 5.10 Å². The number of rotatable bonds is 4. The Hall–Kier alpha value is -2.75. The number of hydrogen-bond acceptors (Lipinski definition) is 5. The number of aromatic nitrogens is 4. The maximum absolute atomic E-state index is 13.7. The molecule has 1 amide bonds. The van der Waals surface area contributed by atoms with Crippen LogP contribution in [-0.2, 0) is 18.4 Å². The Labute approximate surface area is 149 Å². The second-order valence-corrected chi connectivity index (χ2v) is 5.94. The number of methoxy groups -OCH3 is 1. The summed E-state index contributed by atoms with van der Waals surface area (Å²) in [5.41, 5.74) is 0.264. The van der Waals surface area contributed by atoms with Crippen LogP contribution in [0.5, 0.6) is 5.75 Å². The minimum atomic E-state index is -0.597. The summed E-state index contributed by atoms with van der Waals surface area (Å²) in [6.45, 7) is -0.267. The highest BCUT2D eigenvalue weighted by molar-refractivity contribution is 9.10. The van der Waals surface area contributed by atoms with Crippen molar-refractivity contribution < 1.29 is 13.9 Å². The average molecular weight is 410 g/mol. The van der Waals surface area contributed by atoms with E-state index in [-0.39, 0.29) is 23.4 Å². The Bertz CT molecular complexity index is 1030. The Morgan fingerprint density at radius 2 is 2.20 bits per heavy atom. The lowest BCUT2D eigenvalue weighted by Gasteiger charge is -2.08. The zero-order valence-electron chi connectivity index (χ0n) is 13.3. The van der Waals surface area contributed by atoms with E-state index in [1.807, 2.05) is 0 Å². The number of nitrogens with zero attached hydrogens (tertiary/aromatic N) is 4. The van der Waals surface area contributed by atoms with E-state index in [1.54, 1.807) is 7.05 Å². The van der Waals surface area contributed by atoms with Gasteiger partial charge in [0, 0.05) is 18.8 Å². The lowest BCUT2D eigenvalue weighted by Crippen LogP contribution is -2.28. The van der Waals surface area contributed by atoms with E-state index in [9.17, 15) is 14.0 Å². The van der Waals surface area contributed by atoms with Gasteiger partial charge in [0.2, 0.25) is 5.91 Å². The van der Waals surface area contributed by atoms with Crippen LogP contribution in [0.15, 0.2) is 33.9 Å². The topological polar surface area (TPSA) is 91.0 Å². The zero-order chi connectivity index (χ0) is 18.1. The Balaban J connectivity index is 1.83. The minimum absolute atomic E-state index is 0.0743. The number of halogens is 2. The summed E-state index contributed by atoms with van der Waals surface area (Å²) in [4.78, 5) is 28.7. The minimum Gasteiger partial charge on any atom is -0.494 e. The van der Waals surface area contributed by atoms with Crippen molar-refractivity contribution in [2.24, 2.45) is 7.05 Å². The largest absolute Gasteiger partial charge is 0.494 e. The fraction of sp³-hybridized carbons (Fsp3) is 0.200. The number of carbonyl (C=O) groups is 1. The van der Waals surface area contributed by atoms with E-state index in [0.29, 0.717) is 10.3 Å². The average Bonchev–Trinajstić information content (AvgIpc) is 2.85. The molecule has 3 aromatic rings. The third-order valence-corrected chi connectivity index (χ3v) is 4.07. The summed E-state index contributed by atoms with van der Waals surface area (Å²) in [6.07, 6.45) is 1.27. The normalized spacial score (nSPS) is 10.9. The van der Waals surface area contributed by atoms with Crippen LogP contribution in [0.25, 0.3) is 11.0 Å². The standard InChI is InChI=1S/C15H13BrFN5O3/c1-21-14-12(13(16)20-21)15(24)22(7-18-14)6-11(23)19-8-3-4-10(25-2)9(17)5-8/h3-5,7H,6H2,1-2H3,(H,19,23). The molecule has 10 heteroatoms. The summed E-state index contributed by atoms with van der Waals surface area (Å²) >= 11 is 3.20. The molecule has 8 nitrogen and oxygen atoms in total. The lowest BCUT2D eigenvalue weighted by atomic mass is 10.3. The molecule has 0 fully saturated rings. The Morgan fingerprint density at radius 3 is 2.88 bits per heavy atom. The summed E-state index contributed by atoms with van der Waals surface area (Å²) in [5.74, 6) is -1.02. The van der Waals surface area contributed by atoms with Crippen molar-refractivity contribution in [2.75, 3.05) is 12.4 Å². The number of carbonyl (C=O) groups excluding carboxylic acids is 1. The SMILES string of the molecule is COc1ccc(NC(=O)Cn2cnc3c(c(Br)nn3C)c2=O)cc1F. The molecule has 0 aliphatic carbocycles. The van der Waals surface area contributed by atoms with Gasteiger partial charge in [-0.1, -0.05) is 0 Å². The number of anilines is 1. The molecule has 0 radical (unpaired) electrons. The van der Waals surface area contributed by atoms with Crippen LogP contribution >= 0.6 is 15.9 Å². The van der Waals surface area contributed by atoms with Gasteiger partial charge in [0.15, 0.2) is 17.2 Å². The van der Waals surface area contributed by atoms with E-state index in [0.717, 1.165) is 10.6 Å². The molecule has 25 heavy (non-hydrogen) atoms. The number of nitrogens with one attached hydrogen (secondary N) is 1. The molecule has 0 bridgehead atoms. The molecule has 0 spiro atoms. The second kappa shape index (κ2) is 6.63. The van der Waals surface area contributed by atoms with E-state index in [2.05, 4.69) is 31.3 Å². The number of ether oxygens (including phenoxy) is 1. The molecule has 0 aliphatic heterocycles. The van der Waals surface area contributed by atoms with Gasteiger partial charge in [-0.05, 0) is 28.1 Å². The van der Waals surface area contributed by atoms with Gasteiger partial charge in [-0.15, -0.1) is 0 Å². The molecule has 0 saturated heterocycles. The van der Waals surface area contributed by atoms with Gasteiger partial charge < -0.3 is 10.1 Å². The Morgan fingerprint density at radius 1 is 1.44 bits per heavy atom. The van der Waals surface area contributed by atoms with Gasteiger partial charge in [0.05, 0.1) is 7.11 Å². The number of benzene rings is 1. The Kier molecular flexibility index (Phi) is 4.53. The van der Waals surface area contributed by atoms with Crippen molar-refractivity contribution in [1.29, 1.82) is 0 Å².